The Morgan fingerprint density at radius 1 is 1.62 bits per heavy atom. The van der Waals surface area contributed by atoms with Gasteiger partial charge in [0.15, 0.2) is 0 Å². The van der Waals surface area contributed by atoms with E-state index in [9.17, 15) is 5.11 Å². The Hall–Kier alpha value is -1.09. The smallest absolute Gasteiger partial charge is 0.128 e. The number of pyridine rings is 1. The van der Waals surface area contributed by atoms with Gasteiger partial charge in [-0.15, -0.1) is 0 Å². The third-order valence-electron chi connectivity index (χ3n) is 2.50. The lowest BCUT2D eigenvalue weighted by atomic mass is 10.1. The van der Waals surface area contributed by atoms with Crippen molar-refractivity contribution < 1.29 is 5.11 Å². The number of rotatable bonds is 1. The van der Waals surface area contributed by atoms with E-state index in [0.717, 1.165) is 12.4 Å². The summed E-state index contributed by atoms with van der Waals surface area (Å²) < 4.78 is 0. The largest absolute Gasteiger partial charge is 0.391 e. The van der Waals surface area contributed by atoms with Crippen LogP contribution in [0.4, 0.5) is 5.82 Å². The molecule has 69 valence electrons. The predicted molar refractivity (Wildman–Crippen MR) is 50.5 cm³/mol. The van der Waals surface area contributed by atoms with Gasteiger partial charge in [-0.1, -0.05) is 6.92 Å². The summed E-state index contributed by atoms with van der Waals surface area (Å²) in [6.07, 6.45) is 1.44. The lowest BCUT2D eigenvalue weighted by Gasteiger charge is -2.15. The molecule has 2 rings (SSSR count). The summed E-state index contributed by atoms with van der Waals surface area (Å²) in [4.78, 5) is 6.29. The number of β-amino-alcohol motifs (C(OH)–C–C–N with tert-alkyl or cyclic N) is 1. The molecule has 0 amide bonds. The zero-order valence-corrected chi connectivity index (χ0v) is 7.64. The highest BCUT2D eigenvalue weighted by Gasteiger charge is 2.28. The van der Waals surface area contributed by atoms with Gasteiger partial charge >= 0.3 is 0 Å². The summed E-state index contributed by atoms with van der Waals surface area (Å²) in [5, 5.41) is 9.55. The molecule has 0 aromatic carbocycles. The second-order valence-corrected chi connectivity index (χ2v) is 3.57. The molecule has 0 bridgehead atoms. The average Bonchev–Trinajstić information content (AvgIpc) is 2.49. The van der Waals surface area contributed by atoms with Crippen LogP contribution in [0.2, 0.25) is 0 Å². The first-order chi connectivity index (χ1) is 6.27. The molecule has 13 heavy (non-hydrogen) atoms. The second kappa shape index (κ2) is 3.34. The van der Waals surface area contributed by atoms with E-state index in [-0.39, 0.29) is 6.10 Å². The van der Waals surface area contributed by atoms with E-state index in [0.29, 0.717) is 12.5 Å². The SMILES string of the molecule is C[C@H]1CN(c2cc[c]cn2)C[C@@H]1O. The summed E-state index contributed by atoms with van der Waals surface area (Å²) in [5.74, 6) is 1.27. The Morgan fingerprint density at radius 2 is 2.46 bits per heavy atom. The van der Waals surface area contributed by atoms with Crippen molar-refractivity contribution in [2.24, 2.45) is 5.92 Å². The molecule has 0 unspecified atom stereocenters. The van der Waals surface area contributed by atoms with Crippen molar-refractivity contribution in [3.05, 3.63) is 24.4 Å². The highest BCUT2D eigenvalue weighted by Crippen LogP contribution is 2.21. The molecule has 3 heteroatoms. The highest BCUT2D eigenvalue weighted by atomic mass is 16.3. The maximum absolute atomic E-state index is 9.55. The van der Waals surface area contributed by atoms with Crippen molar-refractivity contribution in [3.8, 4) is 0 Å². The maximum Gasteiger partial charge on any atom is 0.128 e. The molecule has 0 aliphatic carbocycles. The zero-order chi connectivity index (χ0) is 9.26. The molecule has 1 fully saturated rings. The Morgan fingerprint density at radius 3 is 3.00 bits per heavy atom. The quantitative estimate of drug-likeness (QED) is 0.686. The van der Waals surface area contributed by atoms with Crippen molar-refractivity contribution in [2.75, 3.05) is 18.0 Å². The molecular formula is C10H13N2O. The fraction of sp³-hybridized carbons (Fsp3) is 0.500. The number of aliphatic hydroxyl groups is 1. The molecule has 1 saturated heterocycles. The van der Waals surface area contributed by atoms with Crippen LogP contribution in [0.3, 0.4) is 0 Å². The van der Waals surface area contributed by atoms with E-state index in [1.807, 2.05) is 12.1 Å². The molecule has 3 nitrogen and oxygen atoms in total. The fourth-order valence-electron chi connectivity index (χ4n) is 1.64. The maximum atomic E-state index is 9.55. The molecule has 2 atom stereocenters. The summed E-state index contributed by atoms with van der Waals surface area (Å²) in [5.41, 5.74) is 0. The van der Waals surface area contributed by atoms with E-state index in [4.69, 9.17) is 0 Å². The number of aromatic nitrogens is 1. The number of anilines is 1. The van der Waals surface area contributed by atoms with Crippen LogP contribution in [-0.4, -0.2) is 29.3 Å². The lowest BCUT2D eigenvalue weighted by Crippen LogP contribution is -2.21. The number of nitrogens with zero attached hydrogens (tertiary/aromatic N) is 2. The van der Waals surface area contributed by atoms with Gasteiger partial charge in [-0.05, 0) is 12.1 Å². The van der Waals surface area contributed by atoms with E-state index >= 15 is 0 Å². The zero-order valence-electron chi connectivity index (χ0n) is 7.64. The van der Waals surface area contributed by atoms with Gasteiger partial charge in [0.25, 0.3) is 0 Å². The Bertz CT molecular complexity index is 266. The summed E-state index contributed by atoms with van der Waals surface area (Å²) in [7, 11) is 0. The standard InChI is InChI=1S/C10H13N2O/c1-8-6-12(7-9(8)13)10-4-2-3-5-11-10/h2,4-5,8-9,13H,6-7H2,1H3/t8-,9-/m0/s1. The average molecular weight is 177 g/mol. The van der Waals surface area contributed by atoms with Gasteiger partial charge in [0.05, 0.1) is 6.10 Å². The Balaban J connectivity index is 2.12. The minimum Gasteiger partial charge on any atom is -0.391 e. The minimum atomic E-state index is -0.217. The summed E-state index contributed by atoms with van der Waals surface area (Å²) in [6, 6.07) is 6.64. The fourth-order valence-corrected chi connectivity index (χ4v) is 1.64. The third-order valence-corrected chi connectivity index (χ3v) is 2.50. The summed E-state index contributed by atoms with van der Waals surface area (Å²) >= 11 is 0. The second-order valence-electron chi connectivity index (χ2n) is 3.57. The van der Waals surface area contributed by atoms with Crippen molar-refractivity contribution in [1.29, 1.82) is 0 Å². The van der Waals surface area contributed by atoms with Gasteiger partial charge in [0, 0.05) is 31.3 Å². The van der Waals surface area contributed by atoms with Gasteiger partial charge in [0.1, 0.15) is 5.82 Å². The first-order valence-electron chi connectivity index (χ1n) is 4.52. The van der Waals surface area contributed by atoms with Crippen molar-refractivity contribution >= 4 is 5.82 Å². The molecule has 1 radical (unpaired) electrons. The molecule has 1 aliphatic heterocycles. The molecular weight excluding hydrogens is 164 g/mol. The Kier molecular flexibility index (Phi) is 2.19. The van der Waals surface area contributed by atoms with E-state index in [2.05, 4.69) is 22.9 Å². The van der Waals surface area contributed by atoms with Crippen LogP contribution in [0.1, 0.15) is 6.92 Å². The van der Waals surface area contributed by atoms with Crippen LogP contribution >= 0.6 is 0 Å². The van der Waals surface area contributed by atoms with Crippen LogP contribution in [0.25, 0.3) is 0 Å². The molecule has 0 spiro atoms. The van der Waals surface area contributed by atoms with E-state index in [1.54, 1.807) is 6.20 Å². The molecule has 1 aliphatic rings. The molecule has 1 aromatic heterocycles. The predicted octanol–water partition coefficient (Wildman–Crippen LogP) is 0.699. The van der Waals surface area contributed by atoms with Gasteiger partial charge < -0.3 is 10.0 Å². The third kappa shape index (κ3) is 1.65. The van der Waals surface area contributed by atoms with Crippen LogP contribution in [0.15, 0.2) is 18.3 Å². The summed E-state index contributed by atoms with van der Waals surface area (Å²) in [6.45, 7) is 3.64. The first-order valence-corrected chi connectivity index (χ1v) is 4.52. The molecule has 2 heterocycles. The molecule has 1 aromatic rings. The van der Waals surface area contributed by atoms with Crippen molar-refractivity contribution in [2.45, 2.75) is 13.0 Å². The lowest BCUT2D eigenvalue weighted by molar-refractivity contribution is 0.157. The van der Waals surface area contributed by atoms with Gasteiger partial charge in [-0.3, -0.25) is 0 Å². The molecule has 0 saturated carbocycles. The van der Waals surface area contributed by atoms with Crippen molar-refractivity contribution in [1.82, 2.24) is 4.98 Å². The van der Waals surface area contributed by atoms with Crippen LogP contribution in [-0.2, 0) is 0 Å². The topological polar surface area (TPSA) is 36.4 Å². The minimum absolute atomic E-state index is 0.217. The normalized spacial score (nSPS) is 28.0. The van der Waals surface area contributed by atoms with Crippen molar-refractivity contribution in [3.63, 3.8) is 0 Å². The number of aliphatic hydroxyl groups excluding tert-OH is 1. The highest BCUT2D eigenvalue weighted by molar-refractivity contribution is 5.39. The number of hydrogen-bond donors (Lipinski definition) is 1. The van der Waals surface area contributed by atoms with E-state index in [1.165, 1.54) is 0 Å². The van der Waals surface area contributed by atoms with E-state index < -0.39 is 0 Å². The van der Waals surface area contributed by atoms with Crippen LogP contribution in [0, 0.1) is 12.0 Å². The Labute approximate surface area is 78.0 Å². The van der Waals surface area contributed by atoms with Gasteiger partial charge in [0.2, 0.25) is 0 Å². The molecule has 1 N–H and O–H groups in total. The number of hydrogen-bond acceptors (Lipinski definition) is 3. The monoisotopic (exact) mass is 177 g/mol. The van der Waals surface area contributed by atoms with Gasteiger partial charge in [-0.25, -0.2) is 4.98 Å². The first kappa shape index (κ1) is 8.51. The van der Waals surface area contributed by atoms with Crippen LogP contribution < -0.4 is 4.90 Å². The van der Waals surface area contributed by atoms with Crippen LogP contribution in [0.5, 0.6) is 0 Å². The van der Waals surface area contributed by atoms with Gasteiger partial charge in [-0.2, -0.15) is 0 Å².